The SMILES string of the molecule is Nc1c(C(=O)[O-])sc2c(Cl)ccnc12. The van der Waals surface area contributed by atoms with Crippen LogP contribution in [-0.2, 0) is 0 Å². The number of halogens is 1. The van der Waals surface area contributed by atoms with Gasteiger partial charge in [-0.3, -0.25) is 4.98 Å². The molecule has 6 heteroatoms. The lowest BCUT2D eigenvalue weighted by atomic mass is 10.3. The van der Waals surface area contributed by atoms with Gasteiger partial charge in [-0.1, -0.05) is 11.6 Å². The Hall–Kier alpha value is -1.33. The number of carbonyl (C=O) groups excluding carboxylic acids is 1. The number of fused-ring (bicyclic) bond motifs is 1. The molecule has 0 saturated heterocycles. The Bertz CT molecular complexity index is 523. The lowest BCUT2D eigenvalue weighted by Gasteiger charge is -1.97. The molecule has 0 spiro atoms. The number of nitrogens with two attached hydrogens (primary N) is 1. The second kappa shape index (κ2) is 3.11. The number of rotatable bonds is 1. The van der Waals surface area contributed by atoms with E-state index in [2.05, 4.69) is 4.98 Å². The van der Waals surface area contributed by atoms with E-state index in [9.17, 15) is 9.90 Å². The third kappa shape index (κ3) is 1.21. The van der Waals surface area contributed by atoms with Crippen molar-refractivity contribution in [3.8, 4) is 0 Å². The Morgan fingerprint density at radius 2 is 2.36 bits per heavy atom. The molecule has 0 aliphatic rings. The maximum atomic E-state index is 10.7. The van der Waals surface area contributed by atoms with Crippen molar-refractivity contribution in [3.63, 3.8) is 0 Å². The molecule has 0 bridgehead atoms. The molecule has 0 fully saturated rings. The van der Waals surface area contributed by atoms with Gasteiger partial charge in [-0.15, -0.1) is 11.3 Å². The lowest BCUT2D eigenvalue weighted by Crippen LogP contribution is -2.21. The van der Waals surface area contributed by atoms with Crippen molar-refractivity contribution >= 4 is 44.8 Å². The standard InChI is InChI=1S/C8H5ClN2O2S/c9-3-1-2-11-5-4(10)7(8(12)13)14-6(3)5/h1-2H,10H2,(H,12,13)/p-1. The van der Waals surface area contributed by atoms with Crippen LogP contribution < -0.4 is 10.8 Å². The summed E-state index contributed by atoms with van der Waals surface area (Å²) in [5.41, 5.74) is 6.11. The van der Waals surface area contributed by atoms with Crippen molar-refractivity contribution in [1.82, 2.24) is 4.98 Å². The molecule has 14 heavy (non-hydrogen) atoms. The third-order valence-corrected chi connectivity index (χ3v) is 3.38. The first-order valence-electron chi connectivity index (χ1n) is 3.65. The summed E-state index contributed by atoms with van der Waals surface area (Å²) in [6.45, 7) is 0. The molecule has 0 radical (unpaired) electrons. The first-order chi connectivity index (χ1) is 6.61. The van der Waals surface area contributed by atoms with E-state index in [0.29, 0.717) is 15.2 Å². The van der Waals surface area contributed by atoms with Crippen molar-refractivity contribution in [2.24, 2.45) is 0 Å². The van der Waals surface area contributed by atoms with Gasteiger partial charge in [0.2, 0.25) is 0 Å². The third-order valence-electron chi connectivity index (χ3n) is 1.75. The molecule has 2 rings (SSSR count). The van der Waals surface area contributed by atoms with Gasteiger partial charge in [0.25, 0.3) is 0 Å². The van der Waals surface area contributed by atoms with Crippen LogP contribution in [0.3, 0.4) is 0 Å². The van der Waals surface area contributed by atoms with Crippen molar-refractivity contribution in [2.75, 3.05) is 5.73 Å². The van der Waals surface area contributed by atoms with Crippen LogP contribution in [0.1, 0.15) is 9.67 Å². The minimum absolute atomic E-state index is 0.0272. The number of hydrogen-bond acceptors (Lipinski definition) is 5. The van der Waals surface area contributed by atoms with Gasteiger partial charge in [0, 0.05) is 6.20 Å². The number of pyridine rings is 1. The smallest absolute Gasteiger partial charge is 0.106 e. The predicted molar refractivity (Wildman–Crippen MR) is 53.4 cm³/mol. The van der Waals surface area contributed by atoms with E-state index in [4.69, 9.17) is 17.3 Å². The first-order valence-corrected chi connectivity index (χ1v) is 4.84. The molecule has 0 amide bonds. The summed E-state index contributed by atoms with van der Waals surface area (Å²) in [5.74, 6) is -1.30. The molecule has 2 aromatic rings. The average molecular weight is 228 g/mol. The minimum atomic E-state index is -1.30. The molecule has 0 aromatic carbocycles. The molecule has 0 saturated carbocycles. The number of hydrogen-bond donors (Lipinski definition) is 1. The van der Waals surface area contributed by atoms with Crippen LogP contribution >= 0.6 is 22.9 Å². The lowest BCUT2D eigenvalue weighted by molar-refractivity contribution is -0.254. The molecule has 2 heterocycles. The van der Waals surface area contributed by atoms with E-state index in [0.717, 1.165) is 11.3 Å². The van der Waals surface area contributed by atoms with Crippen molar-refractivity contribution < 1.29 is 9.90 Å². The molecular formula is C8H4ClN2O2S-. The molecular weight excluding hydrogens is 224 g/mol. The molecule has 72 valence electrons. The normalized spacial score (nSPS) is 10.6. The largest absolute Gasteiger partial charge is 0.544 e. The second-order valence-electron chi connectivity index (χ2n) is 2.60. The van der Waals surface area contributed by atoms with Crippen LogP contribution in [0.5, 0.6) is 0 Å². The first kappa shape index (κ1) is 9.23. The van der Waals surface area contributed by atoms with Crippen LogP contribution in [0.4, 0.5) is 5.69 Å². The Labute approximate surface area is 87.9 Å². The monoisotopic (exact) mass is 227 g/mol. The molecule has 0 aliphatic heterocycles. The Morgan fingerprint density at radius 1 is 1.64 bits per heavy atom. The number of carboxylic acids is 1. The van der Waals surface area contributed by atoms with E-state index >= 15 is 0 Å². The molecule has 0 atom stereocenters. The summed E-state index contributed by atoms with van der Waals surface area (Å²) < 4.78 is 0.575. The van der Waals surface area contributed by atoms with Gasteiger partial charge in [-0.25, -0.2) is 0 Å². The Balaban J connectivity index is 2.86. The number of thiophene rings is 1. The van der Waals surface area contributed by atoms with Gasteiger partial charge in [-0.05, 0) is 6.07 Å². The zero-order valence-corrected chi connectivity index (χ0v) is 8.35. The summed E-state index contributed by atoms with van der Waals surface area (Å²) in [4.78, 5) is 14.6. The van der Waals surface area contributed by atoms with E-state index in [1.54, 1.807) is 6.07 Å². The number of nitrogen functional groups attached to an aromatic ring is 1. The number of nitrogens with zero attached hydrogens (tertiary/aromatic N) is 1. The highest BCUT2D eigenvalue weighted by molar-refractivity contribution is 7.22. The van der Waals surface area contributed by atoms with Gasteiger partial charge in [-0.2, -0.15) is 0 Å². The number of aromatic nitrogens is 1. The van der Waals surface area contributed by atoms with Crippen molar-refractivity contribution in [1.29, 1.82) is 0 Å². The Morgan fingerprint density at radius 3 is 2.93 bits per heavy atom. The molecule has 2 aromatic heterocycles. The topological polar surface area (TPSA) is 79.0 Å². The van der Waals surface area contributed by atoms with Gasteiger partial charge >= 0.3 is 0 Å². The number of carboxylic acid groups (broad SMARTS) is 1. The van der Waals surface area contributed by atoms with E-state index < -0.39 is 5.97 Å². The fourth-order valence-electron chi connectivity index (χ4n) is 1.13. The van der Waals surface area contributed by atoms with Gasteiger partial charge in [0.15, 0.2) is 0 Å². The van der Waals surface area contributed by atoms with Gasteiger partial charge in [0.05, 0.1) is 26.3 Å². The quantitative estimate of drug-likeness (QED) is 0.785. The zero-order valence-electron chi connectivity index (χ0n) is 6.78. The predicted octanol–water partition coefficient (Wildman–Crippen LogP) is 0.895. The van der Waals surface area contributed by atoms with Gasteiger partial charge in [0.1, 0.15) is 5.52 Å². The second-order valence-corrected chi connectivity index (χ2v) is 4.03. The van der Waals surface area contributed by atoms with Crippen LogP contribution in [0, 0.1) is 0 Å². The highest BCUT2D eigenvalue weighted by atomic mass is 35.5. The summed E-state index contributed by atoms with van der Waals surface area (Å²) in [7, 11) is 0. The number of aromatic carboxylic acids is 1. The fraction of sp³-hybridized carbons (Fsp3) is 0. The molecule has 0 unspecified atom stereocenters. The summed E-state index contributed by atoms with van der Waals surface area (Å²) in [5, 5.41) is 11.1. The summed E-state index contributed by atoms with van der Waals surface area (Å²) in [6, 6.07) is 1.58. The van der Waals surface area contributed by atoms with Crippen LogP contribution in [0.25, 0.3) is 10.2 Å². The van der Waals surface area contributed by atoms with Gasteiger partial charge < -0.3 is 15.6 Å². The highest BCUT2D eigenvalue weighted by Crippen LogP contribution is 2.35. The number of anilines is 1. The van der Waals surface area contributed by atoms with Crippen LogP contribution in [-0.4, -0.2) is 11.0 Å². The zero-order chi connectivity index (χ0) is 10.3. The summed E-state index contributed by atoms with van der Waals surface area (Å²) >= 11 is 6.83. The maximum absolute atomic E-state index is 10.7. The van der Waals surface area contributed by atoms with E-state index in [1.165, 1.54) is 6.20 Å². The van der Waals surface area contributed by atoms with E-state index in [1.807, 2.05) is 0 Å². The number of carbonyl (C=O) groups is 1. The molecule has 2 N–H and O–H groups in total. The summed E-state index contributed by atoms with van der Waals surface area (Å²) in [6.07, 6.45) is 1.48. The van der Waals surface area contributed by atoms with E-state index in [-0.39, 0.29) is 10.6 Å². The van der Waals surface area contributed by atoms with Crippen LogP contribution in [0.2, 0.25) is 5.02 Å². The maximum Gasteiger partial charge on any atom is 0.106 e. The molecule has 0 aliphatic carbocycles. The van der Waals surface area contributed by atoms with Crippen molar-refractivity contribution in [3.05, 3.63) is 22.2 Å². The molecule has 4 nitrogen and oxygen atoms in total. The fourth-order valence-corrected chi connectivity index (χ4v) is 2.31. The Kier molecular flexibility index (Phi) is 2.05. The highest BCUT2D eigenvalue weighted by Gasteiger charge is 2.12. The van der Waals surface area contributed by atoms with Crippen molar-refractivity contribution in [2.45, 2.75) is 0 Å². The average Bonchev–Trinajstić information content (AvgIpc) is 2.46. The van der Waals surface area contributed by atoms with Crippen LogP contribution in [0.15, 0.2) is 12.3 Å². The minimum Gasteiger partial charge on any atom is -0.544 e.